The highest BCUT2D eigenvalue weighted by molar-refractivity contribution is 5.15. The first-order valence-electron chi connectivity index (χ1n) is 6.85. The Labute approximate surface area is 104 Å². The topological polar surface area (TPSA) is 6.48 Å². The van der Waals surface area contributed by atoms with E-state index in [1.165, 1.54) is 38.0 Å². The Morgan fingerprint density at radius 2 is 2.00 bits per heavy atom. The Morgan fingerprint density at radius 1 is 1.18 bits per heavy atom. The SMILES string of the molecule is CC1CN2CCCC2CN1Cc1ccccc1. The molecule has 0 aliphatic carbocycles. The lowest BCUT2D eigenvalue weighted by atomic mass is 10.1. The summed E-state index contributed by atoms with van der Waals surface area (Å²) < 4.78 is 0. The summed E-state index contributed by atoms with van der Waals surface area (Å²) in [5, 5.41) is 0. The molecule has 2 saturated heterocycles. The lowest BCUT2D eigenvalue weighted by Crippen LogP contribution is -2.54. The molecule has 17 heavy (non-hydrogen) atoms. The molecule has 0 spiro atoms. The molecule has 2 nitrogen and oxygen atoms in total. The molecule has 3 rings (SSSR count). The summed E-state index contributed by atoms with van der Waals surface area (Å²) in [4.78, 5) is 5.34. The minimum absolute atomic E-state index is 0.699. The van der Waals surface area contributed by atoms with Gasteiger partial charge in [0.15, 0.2) is 0 Å². The summed E-state index contributed by atoms with van der Waals surface area (Å²) in [5.74, 6) is 0. The fraction of sp³-hybridized carbons (Fsp3) is 0.600. The first kappa shape index (κ1) is 11.2. The maximum absolute atomic E-state index is 2.69. The maximum atomic E-state index is 2.69. The molecule has 92 valence electrons. The fourth-order valence-corrected chi connectivity index (χ4v) is 3.29. The highest BCUT2D eigenvalue weighted by Gasteiger charge is 2.33. The van der Waals surface area contributed by atoms with E-state index in [4.69, 9.17) is 0 Å². The van der Waals surface area contributed by atoms with Gasteiger partial charge in [0.2, 0.25) is 0 Å². The van der Waals surface area contributed by atoms with E-state index < -0.39 is 0 Å². The number of nitrogens with zero attached hydrogens (tertiary/aromatic N) is 2. The average molecular weight is 230 g/mol. The van der Waals surface area contributed by atoms with E-state index in [0.717, 1.165) is 12.6 Å². The molecule has 0 amide bonds. The molecule has 2 unspecified atom stereocenters. The molecular formula is C15H22N2. The summed E-state index contributed by atoms with van der Waals surface area (Å²) in [5.41, 5.74) is 1.45. The Kier molecular flexibility index (Phi) is 3.17. The Hall–Kier alpha value is -0.860. The Bertz CT molecular complexity index is 362. The number of fused-ring (bicyclic) bond motifs is 1. The molecule has 2 atom stereocenters. The van der Waals surface area contributed by atoms with Crippen LogP contribution >= 0.6 is 0 Å². The van der Waals surface area contributed by atoms with E-state index in [1.54, 1.807) is 0 Å². The summed E-state index contributed by atoms with van der Waals surface area (Å²) in [6, 6.07) is 12.4. The van der Waals surface area contributed by atoms with Gasteiger partial charge in [-0.05, 0) is 31.9 Å². The van der Waals surface area contributed by atoms with Crippen molar-refractivity contribution in [3.63, 3.8) is 0 Å². The van der Waals surface area contributed by atoms with Crippen LogP contribution in [0.2, 0.25) is 0 Å². The summed E-state index contributed by atoms with van der Waals surface area (Å²) in [6.45, 7) is 7.34. The van der Waals surface area contributed by atoms with Crippen LogP contribution in [-0.4, -0.2) is 41.5 Å². The van der Waals surface area contributed by atoms with Crippen LogP contribution in [0.5, 0.6) is 0 Å². The van der Waals surface area contributed by atoms with Gasteiger partial charge < -0.3 is 0 Å². The highest BCUT2D eigenvalue weighted by Crippen LogP contribution is 2.25. The molecule has 2 fully saturated rings. The van der Waals surface area contributed by atoms with Crippen LogP contribution in [0.25, 0.3) is 0 Å². The standard InChI is InChI=1S/C15H22N2/c1-13-10-16-9-5-8-15(16)12-17(13)11-14-6-3-2-4-7-14/h2-4,6-7,13,15H,5,8-12H2,1H3. The third-order valence-electron chi connectivity index (χ3n) is 4.29. The Morgan fingerprint density at radius 3 is 2.82 bits per heavy atom. The first-order valence-corrected chi connectivity index (χ1v) is 6.85. The molecular weight excluding hydrogens is 208 g/mol. The second kappa shape index (κ2) is 4.79. The van der Waals surface area contributed by atoms with E-state index in [1.807, 2.05) is 0 Å². The largest absolute Gasteiger partial charge is 0.298 e. The van der Waals surface area contributed by atoms with E-state index in [9.17, 15) is 0 Å². The molecule has 0 aromatic heterocycles. The third-order valence-corrected chi connectivity index (χ3v) is 4.29. The molecule has 2 aliphatic heterocycles. The normalized spacial score (nSPS) is 30.4. The van der Waals surface area contributed by atoms with Crippen molar-refractivity contribution in [3.8, 4) is 0 Å². The van der Waals surface area contributed by atoms with Crippen molar-refractivity contribution < 1.29 is 0 Å². The van der Waals surface area contributed by atoms with Crippen LogP contribution < -0.4 is 0 Å². The van der Waals surface area contributed by atoms with Crippen molar-refractivity contribution in [1.82, 2.24) is 9.80 Å². The molecule has 1 aromatic rings. The second-order valence-electron chi connectivity index (χ2n) is 5.56. The van der Waals surface area contributed by atoms with Crippen molar-refractivity contribution in [1.29, 1.82) is 0 Å². The molecule has 2 heteroatoms. The molecule has 2 heterocycles. The third kappa shape index (κ3) is 2.38. The molecule has 0 bridgehead atoms. The minimum atomic E-state index is 0.699. The highest BCUT2D eigenvalue weighted by atomic mass is 15.3. The lowest BCUT2D eigenvalue weighted by Gasteiger charge is -2.42. The lowest BCUT2D eigenvalue weighted by molar-refractivity contribution is 0.0540. The fourth-order valence-electron chi connectivity index (χ4n) is 3.29. The predicted molar refractivity (Wildman–Crippen MR) is 70.9 cm³/mol. The second-order valence-corrected chi connectivity index (χ2v) is 5.56. The number of piperazine rings is 1. The molecule has 0 radical (unpaired) electrons. The van der Waals surface area contributed by atoms with Crippen molar-refractivity contribution in [2.24, 2.45) is 0 Å². The zero-order valence-electron chi connectivity index (χ0n) is 10.7. The van der Waals surface area contributed by atoms with Crippen LogP contribution in [0.1, 0.15) is 25.3 Å². The zero-order valence-corrected chi connectivity index (χ0v) is 10.7. The quantitative estimate of drug-likeness (QED) is 0.769. The van der Waals surface area contributed by atoms with Gasteiger partial charge in [-0.15, -0.1) is 0 Å². The average Bonchev–Trinajstić information content (AvgIpc) is 2.78. The van der Waals surface area contributed by atoms with Crippen molar-refractivity contribution in [2.45, 2.75) is 38.4 Å². The van der Waals surface area contributed by atoms with E-state index in [0.29, 0.717) is 6.04 Å². The van der Waals surface area contributed by atoms with Gasteiger partial charge in [-0.1, -0.05) is 30.3 Å². The monoisotopic (exact) mass is 230 g/mol. The Balaban J connectivity index is 1.67. The van der Waals surface area contributed by atoms with Gasteiger partial charge in [-0.2, -0.15) is 0 Å². The maximum Gasteiger partial charge on any atom is 0.0237 e. The van der Waals surface area contributed by atoms with Gasteiger partial charge in [0.1, 0.15) is 0 Å². The summed E-state index contributed by atoms with van der Waals surface area (Å²) >= 11 is 0. The van der Waals surface area contributed by atoms with E-state index >= 15 is 0 Å². The van der Waals surface area contributed by atoms with Crippen LogP contribution in [-0.2, 0) is 6.54 Å². The molecule has 0 N–H and O–H groups in total. The minimum Gasteiger partial charge on any atom is -0.298 e. The van der Waals surface area contributed by atoms with Crippen molar-refractivity contribution in [2.75, 3.05) is 19.6 Å². The smallest absolute Gasteiger partial charge is 0.0237 e. The van der Waals surface area contributed by atoms with Crippen LogP contribution in [0.3, 0.4) is 0 Å². The van der Waals surface area contributed by atoms with Gasteiger partial charge in [0, 0.05) is 31.7 Å². The summed E-state index contributed by atoms with van der Waals surface area (Å²) in [7, 11) is 0. The van der Waals surface area contributed by atoms with Gasteiger partial charge >= 0.3 is 0 Å². The number of hydrogen-bond acceptors (Lipinski definition) is 2. The first-order chi connectivity index (χ1) is 8.33. The number of rotatable bonds is 2. The predicted octanol–water partition coefficient (Wildman–Crippen LogP) is 2.36. The van der Waals surface area contributed by atoms with Gasteiger partial charge in [-0.25, -0.2) is 0 Å². The molecule has 2 aliphatic rings. The van der Waals surface area contributed by atoms with Crippen molar-refractivity contribution in [3.05, 3.63) is 35.9 Å². The van der Waals surface area contributed by atoms with Crippen LogP contribution in [0, 0.1) is 0 Å². The van der Waals surface area contributed by atoms with E-state index in [-0.39, 0.29) is 0 Å². The van der Waals surface area contributed by atoms with E-state index in [2.05, 4.69) is 47.1 Å². The molecule has 1 aromatic carbocycles. The van der Waals surface area contributed by atoms with Crippen LogP contribution in [0.4, 0.5) is 0 Å². The van der Waals surface area contributed by atoms with Gasteiger partial charge in [-0.3, -0.25) is 9.80 Å². The molecule has 0 saturated carbocycles. The van der Waals surface area contributed by atoms with Crippen molar-refractivity contribution >= 4 is 0 Å². The van der Waals surface area contributed by atoms with Gasteiger partial charge in [0.25, 0.3) is 0 Å². The number of hydrogen-bond donors (Lipinski definition) is 0. The zero-order chi connectivity index (χ0) is 11.7. The summed E-state index contributed by atoms with van der Waals surface area (Å²) in [6.07, 6.45) is 2.80. The van der Waals surface area contributed by atoms with Crippen LogP contribution in [0.15, 0.2) is 30.3 Å². The number of benzene rings is 1. The van der Waals surface area contributed by atoms with Gasteiger partial charge in [0.05, 0.1) is 0 Å².